The zero-order valence-corrected chi connectivity index (χ0v) is 13.2. The van der Waals surface area contributed by atoms with E-state index in [9.17, 15) is 8.42 Å². The molecule has 0 bridgehead atoms. The molecule has 120 valence electrons. The predicted octanol–water partition coefficient (Wildman–Crippen LogP) is 1.37. The second-order valence-electron chi connectivity index (χ2n) is 4.66. The minimum atomic E-state index is -3.94. The molecular weight excluding hydrogens is 316 g/mol. The molecule has 4 N–H and O–H groups in total. The number of aryl methyl sites for hydroxylation is 1. The molecule has 0 heterocycles. The summed E-state index contributed by atoms with van der Waals surface area (Å²) >= 11 is 0. The zero-order chi connectivity index (χ0) is 16.9. The standard InChI is InChI=1S/C15H16N4O3S/c1-11-6-8-13(9-7-11)23(20,21)22-14-5-3-2-4-12(14)10-18-19-15(16)17/h2-10H,1H3,(H4,16,17,19)/b18-10+. The van der Waals surface area contributed by atoms with Crippen LogP contribution in [0, 0.1) is 6.92 Å². The van der Waals surface area contributed by atoms with Crippen LogP contribution in [0.3, 0.4) is 0 Å². The van der Waals surface area contributed by atoms with Crippen LogP contribution in [0.1, 0.15) is 11.1 Å². The third-order valence-corrected chi connectivity index (χ3v) is 4.05. The van der Waals surface area contributed by atoms with Crippen LogP contribution < -0.4 is 15.7 Å². The van der Waals surface area contributed by atoms with Crippen LogP contribution in [-0.2, 0) is 10.1 Å². The average molecular weight is 332 g/mol. The molecule has 0 atom stereocenters. The van der Waals surface area contributed by atoms with Gasteiger partial charge < -0.3 is 15.7 Å². The third-order valence-electron chi connectivity index (χ3n) is 2.80. The third kappa shape index (κ3) is 4.55. The molecule has 0 aliphatic carbocycles. The second-order valence-corrected chi connectivity index (χ2v) is 6.20. The first-order valence-electron chi connectivity index (χ1n) is 6.60. The summed E-state index contributed by atoms with van der Waals surface area (Å²) in [6.07, 6.45) is 1.31. The summed E-state index contributed by atoms with van der Waals surface area (Å²) in [5.41, 5.74) is 11.7. The molecule has 0 saturated carbocycles. The van der Waals surface area contributed by atoms with Crippen molar-refractivity contribution in [1.29, 1.82) is 0 Å². The van der Waals surface area contributed by atoms with Gasteiger partial charge in [0.15, 0.2) is 5.75 Å². The Balaban J connectivity index is 2.31. The fourth-order valence-electron chi connectivity index (χ4n) is 1.69. The summed E-state index contributed by atoms with van der Waals surface area (Å²) in [5.74, 6) is -0.0745. The minimum absolute atomic E-state index is 0.0686. The molecule has 0 radical (unpaired) electrons. The van der Waals surface area contributed by atoms with E-state index < -0.39 is 10.1 Å². The highest BCUT2D eigenvalue weighted by atomic mass is 32.2. The molecule has 0 amide bonds. The number of nitrogens with zero attached hydrogens (tertiary/aromatic N) is 2. The van der Waals surface area contributed by atoms with Gasteiger partial charge in [-0.1, -0.05) is 29.8 Å². The Labute approximate surface area is 134 Å². The summed E-state index contributed by atoms with van der Waals surface area (Å²) in [7, 11) is -3.94. The van der Waals surface area contributed by atoms with E-state index in [2.05, 4.69) is 10.2 Å². The lowest BCUT2D eigenvalue weighted by Gasteiger charge is -2.09. The van der Waals surface area contributed by atoms with E-state index in [1.54, 1.807) is 30.3 Å². The minimum Gasteiger partial charge on any atom is -0.378 e. The molecule has 2 aromatic carbocycles. The number of hydrogen-bond donors (Lipinski definition) is 2. The van der Waals surface area contributed by atoms with Gasteiger partial charge in [0.25, 0.3) is 0 Å². The van der Waals surface area contributed by atoms with Crippen molar-refractivity contribution in [2.24, 2.45) is 21.7 Å². The monoisotopic (exact) mass is 332 g/mol. The van der Waals surface area contributed by atoms with Crippen molar-refractivity contribution < 1.29 is 12.6 Å². The maximum absolute atomic E-state index is 12.3. The van der Waals surface area contributed by atoms with Crippen molar-refractivity contribution in [3.63, 3.8) is 0 Å². The highest BCUT2D eigenvalue weighted by Gasteiger charge is 2.17. The number of guanidine groups is 1. The van der Waals surface area contributed by atoms with Crippen LogP contribution in [0.2, 0.25) is 0 Å². The van der Waals surface area contributed by atoms with Gasteiger partial charge >= 0.3 is 10.1 Å². The van der Waals surface area contributed by atoms with Crippen LogP contribution in [0.25, 0.3) is 0 Å². The maximum Gasteiger partial charge on any atom is 0.339 e. The van der Waals surface area contributed by atoms with Crippen molar-refractivity contribution in [1.82, 2.24) is 0 Å². The molecule has 0 spiro atoms. The van der Waals surface area contributed by atoms with Crippen molar-refractivity contribution in [3.8, 4) is 5.75 Å². The Morgan fingerprint density at radius 3 is 2.39 bits per heavy atom. The van der Waals surface area contributed by atoms with Crippen LogP contribution >= 0.6 is 0 Å². The molecule has 0 unspecified atom stereocenters. The number of para-hydroxylation sites is 1. The number of rotatable bonds is 5. The van der Waals surface area contributed by atoms with E-state index in [0.29, 0.717) is 5.56 Å². The highest BCUT2D eigenvalue weighted by Crippen LogP contribution is 2.22. The first-order chi connectivity index (χ1) is 10.9. The number of nitrogens with two attached hydrogens (primary N) is 2. The van der Waals surface area contributed by atoms with Crippen LogP contribution in [0.15, 0.2) is 63.6 Å². The van der Waals surface area contributed by atoms with Crippen LogP contribution in [-0.4, -0.2) is 20.6 Å². The molecule has 2 rings (SSSR count). The van der Waals surface area contributed by atoms with Crippen molar-refractivity contribution in [2.75, 3.05) is 0 Å². The van der Waals surface area contributed by atoms with E-state index in [0.717, 1.165) is 5.56 Å². The normalized spacial score (nSPS) is 11.3. The fourth-order valence-corrected chi connectivity index (χ4v) is 2.65. The Morgan fingerprint density at radius 1 is 1.09 bits per heavy atom. The van der Waals surface area contributed by atoms with Gasteiger partial charge in [-0.15, -0.1) is 5.10 Å². The molecule has 0 fully saturated rings. The average Bonchev–Trinajstić information content (AvgIpc) is 2.49. The molecule has 0 saturated heterocycles. The summed E-state index contributed by atoms with van der Waals surface area (Å²) in [6, 6.07) is 12.9. The van der Waals surface area contributed by atoms with E-state index in [1.807, 2.05) is 6.92 Å². The largest absolute Gasteiger partial charge is 0.378 e. The Hall–Kier alpha value is -2.87. The van der Waals surface area contributed by atoms with Gasteiger partial charge in [0.2, 0.25) is 5.96 Å². The molecule has 0 aliphatic heterocycles. The Bertz CT molecular complexity index is 839. The van der Waals surface area contributed by atoms with Crippen LogP contribution in [0.4, 0.5) is 0 Å². The molecular formula is C15H16N4O3S. The molecule has 2 aromatic rings. The van der Waals surface area contributed by atoms with E-state index >= 15 is 0 Å². The summed E-state index contributed by atoms with van der Waals surface area (Å²) < 4.78 is 29.8. The Kier molecular flexibility index (Phi) is 4.97. The first kappa shape index (κ1) is 16.5. The molecule has 0 aromatic heterocycles. The van der Waals surface area contributed by atoms with Gasteiger partial charge in [-0.25, -0.2) is 0 Å². The lowest BCUT2D eigenvalue weighted by atomic mass is 10.2. The quantitative estimate of drug-likeness (QED) is 0.371. The smallest absolute Gasteiger partial charge is 0.339 e. The van der Waals surface area contributed by atoms with Crippen molar-refractivity contribution in [3.05, 3.63) is 59.7 Å². The summed E-state index contributed by atoms with van der Waals surface area (Å²) in [4.78, 5) is 0.0686. The summed E-state index contributed by atoms with van der Waals surface area (Å²) in [6.45, 7) is 1.87. The number of benzene rings is 2. The van der Waals surface area contributed by atoms with Gasteiger partial charge in [-0.2, -0.15) is 13.5 Å². The predicted molar refractivity (Wildman–Crippen MR) is 88.8 cm³/mol. The first-order valence-corrected chi connectivity index (χ1v) is 8.01. The van der Waals surface area contributed by atoms with E-state index in [-0.39, 0.29) is 16.6 Å². The van der Waals surface area contributed by atoms with E-state index in [4.69, 9.17) is 15.7 Å². The second kappa shape index (κ2) is 6.93. The van der Waals surface area contributed by atoms with Gasteiger partial charge in [0.1, 0.15) is 4.90 Å². The van der Waals surface area contributed by atoms with Gasteiger partial charge in [-0.3, -0.25) is 0 Å². The van der Waals surface area contributed by atoms with Gasteiger partial charge in [0, 0.05) is 5.56 Å². The summed E-state index contributed by atoms with van der Waals surface area (Å²) in [5, 5.41) is 7.12. The maximum atomic E-state index is 12.3. The molecule has 23 heavy (non-hydrogen) atoms. The molecule has 0 aliphatic rings. The highest BCUT2D eigenvalue weighted by molar-refractivity contribution is 7.87. The van der Waals surface area contributed by atoms with E-state index in [1.165, 1.54) is 24.4 Å². The van der Waals surface area contributed by atoms with Crippen molar-refractivity contribution >= 4 is 22.3 Å². The van der Waals surface area contributed by atoms with Crippen LogP contribution in [0.5, 0.6) is 5.75 Å². The SMILES string of the molecule is Cc1ccc(S(=O)(=O)Oc2ccccc2/C=N/N=C(N)N)cc1. The van der Waals surface area contributed by atoms with Crippen molar-refractivity contribution in [2.45, 2.75) is 11.8 Å². The molecule has 7 nitrogen and oxygen atoms in total. The Morgan fingerprint density at radius 2 is 1.74 bits per heavy atom. The lowest BCUT2D eigenvalue weighted by molar-refractivity contribution is 0.485. The van der Waals surface area contributed by atoms with Gasteiger partial charge in [-0.05, 0) is 31.2 Å². The zero-order valence-electron chi connectivity index (χ0n) is 12.4. The lowest BCUT2D eigenvalue weighted by Crippen LogP contribution is -2.21. The molecule has 8 heteroatoms. The fraction of sp³-hybridized carbons (Fsp3) is 0.0667. The van der Waals surface area contributed by atoms with Gasteiger partial charge in [0.05, 0.1) is 6.21 Å². The number of hydrogen-bond acceptors (Lipinski definition) is 5. The topological polar surface area (TPSA) is 120 Å².